The van der Waals surface area contributed by atoms with Gasteiger partial charge in [-0.25, -0.2) is 0 Å². The first-order valence-corrected chi connectivity index (χ1v) is 7.27. The summed E-state index contributed by atoms with van der Waals surface area (Å²) in [5, 5.41) is 14.8. The topological polar surface area (TPSA) is 38.1 Å². The molecule has 3 nitrogen and oxygen atoms in total. The summed E-state index contributed by atoms with van der Waals surface area (Å²) in [5.41, 5.74) is 4.19. The Morgan fingerprint density at radius 3 is 2.63 bits per heavy atom. The van der Waals surface area contributed by atoms with Crippen LogP contribution in [0.4, 0.5) is 0 Å². The summed E-state index contributed by atoms with van der Waals surface area (Å²) in [5.74, 6) is 0. The molecule has 102 valence electrons. The van der Waals surface area contributed by atoms with Crippen LogP contribution in [0.3, 0.4) is 0 Å². The lowest BCUT2D eigenvalue weighted by Crippen LogP contribution is -2.08. The number of halogens is 1. The Balaban J connectivity index is 2.28. The normalized spacial score (nSPS) is 12.7. The smallest absolute Gasteiger partial charge is 0.0848 e. The second-order valence-corrected chi connectivity index (χ2v) is 5.53. The molecule has 1 aromatic heterocycles. The molecule has 4 heteroatoms. The molecule has 0 saturated heterocycles. The molecule has 1 N–H and O–H groups in total. The fourth-order valence-electron chi connectivity index (χ4n) is 2.38. The first-order valence-electron chi connectivity index (χ1n) is 6.48. The highest BCUT2D eigenvalue weighted by atomic mass is 79.9. The molecule has 2 aromatic rings. The van der Waals surface area contributed by atoms with Gasteiger partial charge < -0.3 is 5.11 Å². The fourth-order valence-corrected chi connectivity index (χ4v) is 2.87. The minimum absolute atomic E-state index is 0.498. The summed E-state index contributed by atoms with van der Waals surface area (Å²) >= 11 is 3.54. The van der Waals surface area contributed by atoms with Crippen LogP contribution in [0.5, 0.6) is 0 Å². The average Bonchev–Trinajstić information content (AvgIpc) is 2.65. The number of aryl methyl sites for hydroxylation is 3. The van der Waals surface area contributed by atoms with Gasteiger partial charge in [-0.3, -0.25) is 4.68 Å². The molecule has 0 saturated carbocycles. The van der Waals surface area contributed by atoms with Crippen molar-refractivity contribution in [2.24, 2.45) is 7.05 Å². The Labute approximate surface area is 122 Å². The standard InChI is InChI=1S/C15H19BrN2O/c1-4-11-7-5-6-8-12(11)14(19)9-13-15(16)10(2)17-18(13)3/h5-8,14,19H,4,9H2,1-3H3. The van der Waals surface area contributed by atoms with E-state index in [1.54, 1.807) is 0 Å². The van der Waals surface area contributed by atoms with Crippen LogP contribution in [0.25, 0.3) is 0 Å². The van der Waals surface area contributed by atoms with E-state index in [1.165, 1.54) is 5.56 Å². The lowest BCUT2D eigenvalue weighted by atomic mass is 9.97. The average molecular weight is 323 g/mol. The van der Waals surface area contributed by atoms with Crippen molar-refractivity contribution < 1.29 is 5.11 Å². The van der Waals surface area contributed by atoms with Crippen molar-refractivity contribution in [1.29, 1.82) is 0 Å². The second kappa shape index (κ2) is 5.88. The summed E-state index contributed by atoms with van der Waals surface area (Å²) in [6.45, 7) is 4.07. The Morgan fingerprint density at radius 2 is 2.05 bits per heavy atom. The van der Waals surface area contributed by atoms with Gasteiger partial charge in [0.25, 0.3) is 0 Å². The van der Waals surface area contributed by atoms with Crippen molar-refractivity contribution in [2.45, 2.75) is 32.8 Å². The van der Waals surface area contributed by atoms with Crippen molar-refractivity contribution >= 4 is 15.9 Å². The molecule has 19 heavy (non-hydrogen) atoms. The predicted molar refractivity (Wildman–Crippen MR) is 80.1 cm³/mol. The molecule has 1 atom stereocenters. The Morgan fingerprint density at radius 1 is 1.37 bits per heavy atom. The third-order valence-electron chi connectivity index (χ3n) is 3.44. The van der Waals surface area contributed by atoms with E-state index in [0.717, 1.165) is 27.8 Å². The number of aromatic nitrogens is 2. The third kappa shape index (κ3) is 2.90. The fraction of sp³-hybridized carbons (Fsp3) is 0.400. The molecule has 0 aliphatic rings. The molecule has 1 unspecified atom stereocenters. The van der Waals surface area contributed by atoms with Gasteiger partial charge in [-0.2, -0.15) is 5.10 Å². The lowest BCUT2D eigenvalue weighted by molar-refractivity contribution is 0.174. The van der Waals surface area contributed by atoms with E-state index in [2.05, 4.69) is 34.0 Å². The molecular weight excluding hydrogens is 304 g/mol. The first-order chi connectivity index (χ1) is 9.04. The van der Waals surface area contributed by atoms with Crippen molar-refractivity contribution in [2.75, 3.05) is 0 Å². The Kier molecular flexibility index (Phi) is 4.42. The van der Waals surface area contributed by atoms with Gasteiger partial charge in [0.15, 0.2) is 0 Å². The zero-order valence-electron chi connectivity index (χ0n) is 11.5. The lowest BCUT2D eigenvalue weighted by Gasteiger charge is -2.15. The minimum atomic E-state index is -0.498. The monoisotopic (exact) mass is 322 g/mol. The molecular formula is C15H19BrN2O. The number of nitrogens with zero attached hydrogens (tertiary/aromatic N) is 2. The van der Waals surface area contributed by atoms with E-state index in [-0.39, 0.29) is 0 Å². The van der Waals surface area contributed by atoms with Crippen molar-refractivity contribution in [3.8, 4) is 0 Å². The van der Waals surface area contributed by atoms with Crippen molar-refractivity contribution in [3.63, 3.8) is 0 Å². The van der Waals surface area contributed by atoms with Crippen LogP contribution in [-0.4, -0.2) is 14.9 Å². The van der Waals surface area contributed by atoms with Gasteiger partial charge in [0.1, 0.15) is 0 Å². The molecule has 0 aliphatic heterocycles. The summed E-state index contributed by atoms with van der Waals surface area (Å²) in [6, 6.07) is 8.06. The molecule has 0 fully saturated rings. The quantitative estimate of drug-likeness (QED) is 0.937. The van der Waals surface area contributed by atoms with E-state index in [4.69, 9.17) is 0 Å². The minimum Gasteiger partial charge on any atom is -0.388 e. The van der Waals surface area contributed by atoms with Crippen molar-refractivity contribution in [1.82, 2.24) is 9.78 Å². The predicted octanol–water partition coefficient (Wildman–Crippen LogP) is 3.33. The van der Waals surface area contributed by atoms with Crippen LogP contribution in [-0.2, 0) is 19.9 Å². The molecule has 2 rings (SSSR count). The number of hydrogen-bond donors (Lipinski definition) is 1. The highest BCUT2D eigenvalue weighted by Gasteiger charge is 2.17. The number of rotatable bonds is 4. The maximum atomic E-state index is 10.5. The van der Waals surface area contributed by atoms with Crippen LogP contribution in [0.15, 0.2) is 28.7 Å². The highest BCUT2D eigenvalue weighted by Crippen LogP contribution is 2.27. The van der Waals surface area contributed by atoms with Gasteiger partial charge in [0.05, 0.1) is 22.0 Å². The van der Waals surface area contributed by atoms with Crippen LogP contribution >= 0.6 is 15.9 Å². The zero-order chi connectivity index (χ0) is 14.0. The van der Waals surface area contributed by atoms with Crippen LogP contribution in [0.1, 0.15) is 35.5 Å². The van der Waals surface area contributed by atoms with Crippen LogP contribution < -0.4 is 0 Å². The van der Waals surface area contributed by atoms with Crippen LogP contribution in [0.2, 0.25) is 0 Å². The number of aliphatic hydroxyl groups excluding tert-OH is 1. The third-order valence-corrected chi connectivity index (χ3v) is 4.47. The summed E-state index contributed by atoms with van der Waals surface area (Å²) in [6.07, 6.45) is 0.996. The largest absolute Gasteiger partial charge is 0.388 e. The molecule has 1 heterocycles. The highest BCUT2D eigenvalue weighted by molar-refractivity contribution is 9.10. The van der Waals surface area contributed by atoms with Crippen LogP contribution in [0, 0.1) is 6.92 Å². The van der Waals surface area contributed by atoms with E-state index >= 15 is 0 Å². The van der Waals surface area contributed by atoms with E-state index in [1.807, 2.05) is 36.9 Å². The summed E-state index contributed by atoms with van der Waals surface area (Å²) in [7, 11) is 1.91. The first kappa shape index (κ1) is 14.3. The second-order valence-electron chi connectivity index (χ2n) is 4.74. The van der Waals surface area contributed by atoms with Gasteiger partial charge in [-0.1, -0.05) is 31.2 Å². The van der Waals surface area contributed by atoms with Gasteiger partial charge >= 0.3 is 0 Å². The number of benzene rings is 1. The van der Waals surface area contributed by atoms with E-state index in [0.29, 0.717) is 6.42 Å². The SMILES string of the molecule is CCc1ccccc1C(O)Cc1c(Br)c(C)nn1C. The van der Waals surface area contributed by atoms with E-state index < -0.39 is 6.10 Å². The maximum Gasteiger partial charge on any atom is 0.0848 e. The Bertz CT molecular complexity index is 578. The molecule has 0 spiro atoms. The van der Waals surface area contributed by atoms with E-state index in [9.17, 15) is 5.11 Å². The summed E-state index contributed by atoms with van der Waals surface area (Å²) in [4.78, 5) is 0. The molecule has 1 aromatic carbocycles. The maximum absolute atomic E-state index is 10.5. The number of hydrogen-bond acceptors (Lipinski definition) is 2. The van der Waals surface area contributed by atoms with Crippen molar-refractivity contribution in [3.05, 3.63) is 51.3 Å². The zero-order valence-corrected chi connectivity index (χ0v) is 13.1. The van der Waals surface area contributed by atoms with Gasteiger partial charge in [0.2, 0.25) is 0 Å². The molecule has 0 radical (unpaired) electrons. The summed E-state index contributed by atoms with van der Waals surface area (Å²) < 4.78 is 2.82. The Hall–Kier alpha value is -1.13. The van der Waals surface area contributed by atoms with Gasteiger partial charge in [-0.05, 0) is 40.4 Å². The molecule has 0 bridgehead atoms. The number of aliphatic hydroxyl groups is 1. The molecule has 0 aliphatic carbocycles. The van der Waals surface area contributed by atoms with Gasteiger partial charge in [0, 0.05) is 13.5 Å². The van der Waals surface area contributed by atoms with Gasteiger partial charge in [-0.15, -0.1) is 0 Å². The molecule has 0 amide bonds.